The van der Waals surface area contributed by atoms with Crippen LogP contribution in [0.2, 0.25) is 0 Å². The molecular formula is C21H18N4O3. The van der Waals surface area contributed by atoms with Crippen LogP contribution in [0.1, 0.15) is 44.0 Å². The second-order valence-electron chi connectivity index (χ2n) is 6.00. The number of hydrogen-bond acceptors (Lipinski definition) is 5. The Balaban J connectivity index is 1.65. The number of Topliss-reactive ketones (excluding diaryl/α,β-unsaturated/α-hetero) is 1. The first-order chi connectivity index (χ1) is 13.5. The second-order valence-corrected chi connectivity index (χ2v) is 6.00. The van der Waals surface area contributed by atoms with Crippen LogP contribution in [0.5, 0.6) is 0 Å². The zero-order valence-electron chi connectivity index (χ0n) is 15.2. The number of anilines is 1. The largest absolute Gasteiger partial charge is 0.345 e. The molecule has 0 saturated heterocycles. The Morgan fingerprint density at radius 3 is 2.21 bits per heavy atom. The highest BCUT2D eigenvalue weighted by Crippen LogP contribution is 2.11. The molecule has 0 aliphatic rings. The predicted octanol–water partition coefficient (Wildman–Crippen LogP) is 2.86. The molecule has 0 fully saturated rings. The molecule has 28 heavy (non-hydrogen) atoms. The first-order valence-electron chi connectivity index (χ1n) is 8.60. The van der Waals surface area contributed by atoms with Crippen LogP contribution >= 0.6 is 0 Å². The molecule has 7 heteroatoms. The van der Waals surface area contributed by atoms with Crippen LogP contribution in [0, 0.1) is 0 Å². The fourth-order valence-corrected chi connectivity index (χ4v) is 2.44. The third-order valence-electron chi connectivity index (χ3n) is 3.92. The van der Waals surface area contributed by atoms with E-state index >= 15 is 0 Å². The van der Waals surface area contributed by atoms with Crippen LogP contribution in [0.15, 0.2) is 66.9 Å². The molecule has 2 aromatic heterocycles. The number of nitrogens with one attached hydrogen (secondary N) is 2. The van der Waals surface area contributed by atoms with Gasteiger partial charge in [-0.1, -0.05) is 12.1 Å². The van der Waals surface area contributed by atoms with Crippen molar-refractivity contribution >= 4 is 23.3 Å². The quantitative estimate of drug-likeness (QED) is 0.646. The molecule has 0 atom stereocenters. The number of benzene rings is 1. The van der Waals surface area contributed by atoms with Gasteiger partial charge in [-0.15, -0.1) is 0 Å². The van der Waals surface area contributed by atoms with E-state index in [1.807, 2.05) is 6.07 Å². The van der Waals surface area contributed by atoms with Crippen molar-refractivity contribution in [2.75, 3.05) is 5.32 Å². The van der Waals surface area contributed by atoms with Crippen molar-refractivity contribution < 1.29 is 14.4 Å². The molecular weight excluding hydrogens is 356 g/mol. The summed E-state index contributed by atoms with van der Waals surface area (Å²) in [6.07, 6.45) is 1.65. The third kappa shape index (κ3) is 4.85. The number of amides is 2. The maximum atomic E-state index is 12.4. The van der Waals surface area contributed by atoms with Gasteiger partial charge in [0.25, 0.3) is 11.8 Å². The maximum absolute atomic E-state index is 12.4. The van der Waals surface area contributed by atoms with Gasteiger partial charge in [-0.3, -0.25) is 19.4 Å². The van der Waals surface area contributed by atoms with Crippen LogP contribution in [0.25, 0.3) is 0 Å². The topological polar surface area (TPSA) is 101 Å². The van der Waals surface area contributed by atoms with Crippen LogP contribution in [0.3, 0.4) is 0 Å². The lowest BCUT2D eigenvalue weighted by Gasteiger charge is -2.07. The summed E-state index contributed by atoms with van der Waals surface area (Å²) in [7, 11) is 0. The lowest BCUT2D eigenvalue weighted by atomic mass is 10.1. The maximum Gasteiger partial charge on any atom is 0.274 e. The van der Waals surface area contributed by atoms with Crippen molar-refractivity contribution in [3.63, 3.8) is 0 Å². The summed E-state index contributed by atoms with van der Waals surface area (Å²) in [5.41, 5.74) is 2.06. The molecule has 2 heterocycles. The molecule has 3 aromatic rings. The Hall–Kier alpha value is -3.87. The van der Waals surface area contributed by atoms with Gasteiger partial charge in [-0.05, 0) is 55.5 Å². The van der Waals surface area contributed by atoms with Gasteiger partial charge in [0, 0.05) is 17.4 Å². The number of pyridine rings is 2. The molecule has 3 rings (SSSR count). The standard InChI is InChI=1S/C21H18N4O3/c1-14(26)15-8-10-16(11-9-15)24-21(28)19-7-4-6-18(25-19)20(27)23-13-17-5-2-3-12-22-17/h2-12H,13H2,1H3,(H,23,27)(H,24,28). The summed E-state index contributed by atoms with van der Waals surface area (Å²) in [6, 6.07) is 16.6. The van der Waals surface area contributed by atoms with Gasteiger partial charge in [0.2, 0.25) is 0 Å². The van der Waals surface area contributed by atoms with E-state index in [-0.39, 0.29) is 23.7 Å². The zero-order chi connectivity index (χ0) is 19.9. The predicted molar refractivity (Wildman–Crippen MR) is 104 cm³/mol. The second kappa shape index (κ2) is 8.68. The Morgan fingerprint density at radius 2 is 1.57 bits per heavy atom. The summed E-state index contributed by atoms with van der Waals surface area (Å²) in [6.45, 7) is 1.74. The lowest BCUT2D eigenvalue weighted by Crippen LogP contribution is -2.25. The minimum Gasteiger partial charge on any atom is -0.345 e. The SMILES string of the molecule is CC(=O)c1ccc(NC(=O)c2cccc(C(=O)NCc3ccccn3)n2)cc1. The normalized spacial score (nSPS) is 10.2. The van der Waals surface area contributed by atoms with Gasteiger partial charge in [0.15, 0.2) is 5.78 Å². The molecule has 2 amide bonds. The summed E-state index contributed by atoms with van der Waals surface area (Å²) in [5.74, 6) is -0.898. The zero-order valence-corrected chi connectivity index (χ0v) is 15.2. The number of carbonyl (C=O) groups is 3. The Bertz CT molecular complexity index is 1000. The molecule has 0 unspecified atom stereocenters. The molecule has 0 aliphatic carbocycles. The Kier molecular flexibility index (Phi) is 5.86. The van der Waals surface area contributed by atoms with Crippen molar-refractivity contribution in [1.29, 1.82) is 0 Å². The molecule has 0 bridgehead atoms. The number of nitrogens with zero attached hydrogens (tertiary/aromatic N) is 2. The summed E-state index contributed by atoms with van der Waals surface area (Å²) >= 11 is 0. The average molecular weight is 374 g/mol. The van der Waals surface area contributed by atoms with Crippen molar-refractivity contribution in [3.8, 4) is 0 Å². The molecule has 2 N–H and O–H groups in total. The lowest BCUT2D eigenvalue weighted by molar-refractivity contribution is 0.0944. The molecule has 0 spiro atoms. The van der Waals surface area contributed by atoms with Crippen LogP contribution < -0.4 is 10.6 Å². The molecule has 140 valence electrons. The van der Waals surface area contributed by atoms with E-state index < -0.39 is 11.8 Å². The number of ketones is 1. The van der Waals surface area contributed by atoms with Gasteiger partial charge in [0.1, 0.15) is 11.4 Å². The van der Waals surface area contributed by atoms with E-state index in [0.29, 0.717) is 11.3 Å². The minimum atomic E-state index is -0.449. The highest BCUT2D eigenvalue weighted by Gasteiger charge is 2.13. The fourth-order valence-electron chi connectivity index (χ4n) is 2.44. The van der Waals surface area contributed by atoms with Gasteiger partial charge < -0.3 is 10.6 Å². The van der Waals surface area contributed by atoms with E-state index in [2.05, 4.69) is 20.6 Å². The monoisotopic (exact) mass is 374 g/mol. The third-order valence-corrected chi connectivity index (χ3v) is 3.92. The molecule has 0 radical (unpaired) electrons. The van der Waals surface area contributed by atoms with Gasteiger partial charge in [0.05, 0.1) is 12.2 Å². The van der Waals surface area contributed by atoms with E-state index in [0.717, 1.165) is 5.69 Å². The van der Waals surface area contributed by atoms with Gasteiger partial charge >= 0.3 is 0 Å². The van der Waals surface area contributed by atoms with Gasteiger partial charge in [-0.2, -0.15) is 0 Å². The molecule has 0 saturated carbocycles. The van der Waals surface area contributed by atoms with Crippen molar-refractivity contribution in [2.45, 2.75) is 13.5 Å². The summed E-state index contributed by atoms with van der Waals surface area (Å²) in [4.78, 5) is 44.3. The number of hydrogen-bond donors (Lipinski definition) is 2. The Labute approximate surface area is 161 Å². The highest BCUT2D eigenvalue weighted by molar-refractivity contribution is 6.04. The van der Waals surface area contributed by atoms with Crippen molar-refractivity contribution in [2.24, 2.45) is 0 Å². The Morgan fingerprint density at radius 1 is 0.857 bits per heavy atom. The summed E-state index contributed by atoms with van der Waals surface area (Å²) in [5, 5.41) is 5.41. The van der Waals surface area contributed by atoms with E-state index in [4.69, 9.17) is 0 Å². The number of aromatic nitrogens is 2. The summed E-state index contributed by atoms with van der Waals surface area (Å²) < 4.78 is 0. The van der Waals surface area contributed by atoms with E-state index in [1.54, 1.807) is 48.7 Å². The molecule has 7 nitrogen and oxygen atoms in total. The first-order valence-corrected chi connectivity index (χ1v) is 8.60. The van der Waals surface area contributed by atoms with Crippen molar-refractivity contribution in [1.82, 2.24) is 15.3 Å². The minimum absolute atomic E-state index is 0.0519. The number of rotatable bonds is 6. The number of carbonyl (C=O) groups excluding carboxylic acids is 3. The van der Waals surface area contributed by atoms with Crippen LogP contribution in [-0.4, -0.2) is 27.6 Å². The van der Waals surface area contributed by atoms with Crippen molar-refractivity contribution in [3.05, 3.63) is 89.5 Å². The highest BCUT2D eigenvalue weighted by atomic mass is 16.2. The van der Waals surface area contributed by atoms with Crippen LogP contribution in [-0.2, 0) is 6.54 Å². The average Bonchev–Trinajstić information content (AvgIpc) is 2.73. The van der Waals surface area contributed by atoms with Gasteiger partial charge in [-0.25, -0.2) is 4.98 Å². The van der Waals surface area contributed by atoms with Crippen LogP contribution in [0.4, 0.5) is 5.69 Å². The van der Waals surface area contributed by atoms with E-state index in [1.165, 1.54) is 19.1 Å². The van der Waals surface area contributed by atoms with E-state index in [9.17, 15) is 14.4 Å². The molecule has 1 aromatic carbocycles. The molecule has 0 aliphatic heterocycles. The smallest absolute Gasteiger partial charge is 0.274 e. The first kappa shape index (κ1) is 18.9. The fraction of sp³-hybridized carbons (Fsp3) is 0.0952.